The highest BCUT2D eigenvalue weighted by Crippen LogP contribution is 2.24. The van der Waals surface area contributed by atoms with Crippen LogP contribution in [0.3, 0.4) is 0 Å². The van der Waals surface area contributed by atoms with Gasteiger partial charge in [0.05, 0.1) is 12.9 Å². The molecule has 0 atom stereocenters. The van der Waals surface area contributed by atoms with Gasteiger partial charge in [-0.15, -0.1) is 0 Å². The van der Waals surface area contributed by atoms with Crippen LogP contribution in [0.4, 0.5) is 0 Å². The van der Waals surface area contributed by atoms with Gasteiger partial charge in [0.25, 0.3) is 0 Å². The van der Waals surface area contributed by atoms with E-state index in [-0.39, 0.29) is 0 Å². The van der Waals surface area contributed by atoms with E-state index >= 15 is 0 Å². The zero-order chi connectivity index (χ0) is 13.7. The number of imidazole rings is 1. The average Bonchev–Trinajstić information content (AvgIpc) is 2.86. The lowest BCUT2D eigenvalue weighted by Gasteiger charge is -2.14. The minimum atomic E-state index is 0.656. The van der Waals surface area contributed by atoms with Crippen molar-refractivity contribution in [3.63, 3.8) is 0 Å². The summed E-state index contributed by atoms with van der Waals surface area (Å²) in [6.45, 7) is 6.55. The van der Waals surface area contributed by atoms with Crippen molar-refractivity contribution in [1.29, 1.82) is 0 Å². The zero-order valence-corrected chi connectivity index (χ0v) is 11.8. The first-order valence-electron chi connectivity index (χ1n) is 6.54. The Morgan fingerprint density at radius 3 is 2.58 bits per heavy atom. The third kappa shape index (κ3) is 3.58. The normalized spacial score (nSPS) is 10.7. The van der Waals surface area contributed by atoms with E-state index in [1.807, 2.05) is 17.8 Å². The molecule has 4 heteroatoms. The molecule has 4 nitrogen and oxygen atoms in total. The zero-order valence-electron chi connectivity index (χ0n) is 11.8. The molecule has 19 heavy (non-hydrogen) atoms. The third-order valence-electron chi connectivity index (χ3n) is 3.06. The van der Waals surface area contributed by atoms with Crippen molar-refractivity contribution in [2.45, 2.75) is 26.9 Å². The maximum absolute atomic E-state index is 5.91. The molecule has 0 aliphatic carbocycles. The second-order valence-electron chi connectivity index (χ2n) is 4.74. The Bertz CT molecular complexity index is 497. The van der Waals surface area contributed by atoms with Crippen LogP contribution in [0.1, 0.15) is 16.7 Å². The summed E-state index contributed by atoms with van der Waals surface area (Å²) in [5, 5.41) is 3.17. The highest BCUT2D eigenvalue weighted by molar-refractivity contribution is 5.43. The molecule has 0 bridgehead atoms. The summed E-state index contributed by atoms with van der Waals surface area (Å²) >= 11 is 0. The summed E-state index contributed by atoms with van der Waals surface area (Å²) in [4.78, 5) is 4.02. The number of aromatic nitrogens is 2. The molecule has 0 saturated carbocycles. The van der Waals surface area contributed by atoms with Crippen LogP contribution >= 0.6 is 0 Å². The van der Waals surface area contributed by atoms with Gasteiger partial charge in [0.15, 0.2) is 0 Å². The molecule has 1 aromatic carbocycles. The Morgan fingerprint density at radius 2 is 2.00 bits per heavy atom. The lowest BCUT2D eigenvalue weighted by Crippen LogP contribution is -2.09. The van der Waals surface area contributed by atoms with Gasteiger partial charge in [-0.1, -0.05) is 12.1 Å². The molecule has 0 unspecified atom stereocenters. The Kier molecular flexibility index (Phi) is 4.58. The van der Waals surface area contributed by atoms with Crippen molar-refractivity contribution in [2.24, 2.45) is 0 Å². The fraction of sp³-hybridized carbons (Fsp3) is 0.400. The van der Waals surface area contributed by atoms with E-state index in [2.05, 4.69) is 36.3 Å². The first kappa shape index (κ1) is 13.6. The van der Waals surface area contributed by atoms with Gasteiger partial charge < -0.3 is 14.6 Å². The Hall–Kier alpha value is -1.81. The number of rotatable bonds is 6. The molecular weight excluding hydrogens is 238 g/mol. The summed E-state index contributed by atoms with van der Waals surface area (Å²) in [5.74, 6) is 1.000. The van der Waals surface area contributed by atoms with Gasteiger partial charge in [-0.05, 0) is 37.6 Å². The van der Waals surface area contributed by atoms with Crippen molar-refractivity contribution in [2.75, 3.05) is 13.7 Å². The minimum Gasteiger partial charge on any atom is -0.491 e. The van der Waals surface area contributed by atoms with Crippen LogP contribution in [0.2, 0.25) is 0 Å². The Morgan fingerprint density at radius 1 is 1.26 bits per heavy atom. The van der Waals surface area contributed by atoms with E-state index in [1.165, 1.54) is 16.7 Å². The number of ether oxygens (including phenoxy) is 1. The standard InChI is InChI=1S/C15H21N3O/c1-12-8-14(10-16-3)9-13(2)15(12)19-7-6-18-5-4-17-11-18/h4-5,8-9,11,16H,6-7,10H2,1-3H3. The molecule has 1 N–H and O–H groups in total. The molecule has 0 saturated heterocycles. The average molecular weight is 259 g/mol. The highest BCUT2D eigenvalue weighted by atomic mass is 16.5. The van der Waals surface area contributed by atoms with Crippen LogP contribution in [-0.2, 0) is 13.1 Å². The molecule has 2 aromatic rings. The van der Waals surface area contributed by atoms with E-state index in [9.17, 15) is 0 Å². The smallest absolute Gasteiger partial charge is 0.125 e. The van der Waals surface area contributed by atoms with Gasteiger partial charge in [-0.2, -0.15) is 0 Å². The second kappa shape index (κ2) is 6.38. The van der Waals surface area contributed by atoms with Crippen molar-refractivity contribution in [1.82, 2.24) is 14.9 Å². The molecule has 0 spiro atoms. The molecule has 0 fully saturated rings. The van der Waals surface area contributed by atoms with Crippen LogP contribution in [0.25, 0.3) is 0 Å². The van der Waals surface area contributed by atoms with Gasteiger partial charge >= 0.3 is 0 Å². The molecule has 1 heterocycles. The van der Waals surface area contributed by atoms with Crippen LogP contribution < -0.4 is 10.1 Å². The number of aryl methyl sites for hydroxylation is 2. The SMILES string of the molecule is CNCc1cc(C)c(OCCn2ccnc2)c(C)c1. The van der Waals surface area contributed by atoms with Gasteiger partial charge in [-0.3, -0.25) is 0 Å². The topological polar surface area (TPSA) is 39.1 Å². The number of nitrogens with zero attached hydrogens (tertiary/aromatic N) is 2. The quantitative estimate of drug-likeness (QED) is 0.865. The molecule has 102 valence electrons. The maximum atomic E-state index is 5.91. The molecule has 0 aliphatic rings. The largest absolute Gasteiger partial charge is 0.491 e. The number of nitrogens with one attached hydrogen (secondary N) is 1. The van der Waals surface area contributed by atoms with Crippen LogP contribution in [0, 0.1) is 13.8 Å². The molecule has 0 amide bonds. The number of hydrogen-bond donors (Lipinski definition) is 1. The predicted molar refractivity (Wildman–Crippen MR) is 76.4 cm³/mol. The lowest BCUT2D eigenvalue weighted by atomic mass is 10.1. The van der Waals surface area contributed by atoms with E-state index in [1.54, 1.807) is 12.5 Å². The second-order valence-corrected chi connectivity index (χ2v) is 4.74. The maximum Gasteiger partial charge on any atom is 0.125 e. The number of hydrogen-bond acceptors (Lipinski definition) is 3. The van der Waals surface area contributed by atoms with E-state index in [0.717, 1.165) is 18.8 Å². The van der Waals surface area contributed by atoms with Crippen molar-refractivity contribution >= 4 is 0 Å². The van der Waals surface area contributed by atoms with Crippen molar-refractivity contribution < 1.29 is 4.74 Å². The molecular formula is C15H21N3O. The first-order valence-corrected chi connectivity index (χ1v) is 6.54. The van der Waals surface area contributed by atoms with Crippen molar-refractivity contribution in [3.8, 4) is 5.75 Å². The van der Waals surface area contributed by atoms with Gasteiger partial charge in [0.1, 0.15) is 12.4 Å². The summed E-state index contributed by atoms with van der Waals surface area (Å²) in [6, 6.07) is 4.35. The summed E-state index contributed by atoms with van der Waals surface area (Å²) < 4.78 is 7.92. The minimum absolute atomic E-state index is 0.656. The fourth-order valence-electron chi connectivity index (χ4n) is 2.25. The predicted octanol–water partition coefficient (Wildman–Crippen LogP) is 2.30. The summed E-state index contributed by atoms with van der Waals surface area (Å²) in [6.07, 6.45) is 5.53. The Balaban J connectivity index is 1.99. The third-order valence-corrected chi connectivity index (χ3v) is 3.06. The number of benzene rings is 1. The summed E-state index contributed by atoms with van der Waals surface area (Å²) in [7, 11) is 1.96. The molecule has 0 aliphatic heterocycles. The van der Waals surface area contributed by atoms with Gasteiger partial charge in [0.2, 0.25) is 0 Å². The first-order chi connectivity index (χ1) is 9.20. The Labute approximate surface area is 114 Å². The van der Waals surface area contributed by atoms with Gasteiger partial charge in [-0.25, -0.2) is 4.98 Å². The molecule has 2 rings (SSSR count). The lowest BCUT2D eigenvalue weighted by molar-refractivity contribution is 0.294. The molecule has 0 radical (unpaired) electrons. The highest BCUT2D eigenvalue weighted by Gasteiger charge is 2.06. The monoisotopic (exact) mass is 259 g/mol. The van der Waals surface area contributed by atoms with Crippen molar-refractivity contribution in [3.05, 3.63) is 47.5 Å². The van der Waals surface area contributed by atoms with E-state index in [0.29, 0.717) is 6.61 Å². The summed E-state index contributed by atoms with van der Waals surface area (Å²) in [5.41, 5.74) is 3.67. The van der Waals surface area contributed by atoms with E-state index < -0.39 is 0 Å². The van der Waals surface area contributed by atoms with Crippen LogP contribution in [-0.4, -0.2) is 23.2 Å². The fourth-order valence-corrected chi connectivity index (χ4v) is 2.25. The van der Waals surface area contributed by atoms with Crippen LogP contribution in [0.15, 0.2) is 30.9 Å². The van der Waals surface area contributed by atoms with Crippen LogP contribution in [0.5, 0.6) is 5.75 Å². The van der Waals surface area contributed by atoms with E-state index in [4.69, 9.17) is 4.74 Å². The molecule has 1 aromatic heterocycles. The van der Waals surface area contributed by atoms with Gasteiger partial charge in [0, 0.05) is 18.9 Å².